The van der Waals surface area contributed by atoms with E-state index in [0.29, 0.717) is 17.6 Å². The molecule has 0 bridgehead atoms. The standard InChI is InChI=1S/C9H12N2O.C8H15BO2.C7H9ClN2O/c1-4-7-6-10-8(5-2)11-9(7)12-3;1-6-9-10-7(2,3)8(4,5)11-9;1-3-5-4-9-7(8)10-6(5)11-2/h5-6H,2,4H2,1,3H3;6H,1H2,2-5H3;4H,3H2,1-2H3. The average molecular weight is 491 g/mol. The van der Waals surface area contributed by atoms with Crippen LogP contribution in [0, 0.1) is 0 Å². The summed E-state index contributed by atoms with van der Waals surface area (Å²) in [7, 11) is 2.92. The van der Waals surface area contributed by atoms with E-state index in [1.165, 1.54) is 0 Å². The van der Waals surface area contributed by atoms with E-state index in [2.05, 4.69) is 33.1 Å². The van der Waals surface area contributed by atoms with Crippen LogP contribution in [0.3, 0.4) is 0 Å². The van der Waals surface area contributed by atoms with Gasteiger partial charge in [0.1, 0.15) is 0 Å². The van der Waals surface area contributed by atoms with E-state index < -0.39 is 0 Å². The molecule has 1 aliphatic rings. The molecule has 0 atom stereocenters. The summed E-state index contributed by atoms with van der Waals surface area (Å²) < 4.78 is 21.2. The number of ether oxygens (including phenoxy) is 2. The van der Waals surface area contributed by atoms with Gasteiger partial charge in [0.15, 0.2) is 5.82 Å². The van der Waals surface area contributed by atoms with Gasteiger partial charge in [0, 0.05) is 23.5 Å². The molecule has 0 amide bonds. The first-order valence-electron chi connectivity index (χ1n) is 11.0. The number of methoxy groups -OCH3 is 2. The summed E-state index contributed by atoms with van der Waals surface area (Å²) in [4.78, 5) is 15.9. The molecular formula is C24H36BClN4O4. The molecule has 186 valence electrons. The molecule has 0 aliphatic carbocycles. The maximum atomic E-state index is 5.57. The van der Waals surface area contributed by atoms with Crippen molar-refractivity contribution in [1.29, 1.82) is 0 Å². The van der Waals surface area contributed by atoms with E-state index in [1.807, 2.05) is 41.5 Å². The molecule has 2 aromatic rings. The normalized spacial score (nSPS) is 15.3. The zero-order valence-corrected chi connectivity index (χ0v) is 22.3. The lowest BCUT2D eigenvalue weighted by Crippen LogP contribution is -2.41. The summed E-state index contributed by atoms with van der Waals surface area (Å²) >= 11 is 5.55. The molecule has 2 aromatic heterocycles. The molecular weight excluding hydrogens is 455 g/mol. The van der Waals surface area contributed by atoms with Crippen molar-refractivity contribution in [3.8, 4) is 11.8 Å². The van der Waals surface area contributed by atoms with E-state index in [-0.39, 0.29) is 23.6 Å². The van der Waals surface area contributed by atoms with Crippen molar-refractivity contribution in [3.63, 3.8) is 0 Å². The Kier molecular flexibility index (Phi) is 11.7. The first kappa shape index (κ1) is 29.5. The maximum absolute atomic E-state index is 5.57. The van der Waals surface area contributed by atoms with Gasteiger partial charge in [-0.25, -0.2) is 9.97 Å². The second-order valence-electron chi connectivity index (χ2n) is 8.21. The second-order valence-corrected chi connectivity index (χ2v) is 8.55. The Morgan fingerprint density at radius 3 is 1.76 bits per heavy atom. The summed E-state index contributed by atoms with van der Waals surface area (Å²) in [6, 6.07) is 0. The number of aryl methyl sites for hydroxylation is 2. The Labute approximate surface area is 208 Å². The lowest BCUT2D eigenvalue weighted by atomic mass is 9.90. The largest absolute Gasteiger partial charge is 0.486 e. The van der Waals surface area contributed by atoms with Crippen LogP contribution in [-0.2, 0) is 22.2 Å². The van der Waals surface area contributed by atoms with Crippen LogP contribution in [0.5, 0.6) is 11.8 Å². The highest BCUT2D eigenvalue weighted by Crippen LogP contribution is 2.36. The third kappa shape index (κ3) is 8.08. The molecule has 8 nitrogen and oxygen atoms in total. The topological polar surface area (TPSA) is 88.5 Å². The van der Waals surface area contributed by atoms with Gasteiger partial charge in [0.2, 0.25) is 17.0 Å². The lowest BCUT2D eigenvalue weighted by molar-refractivity contribution is 0.00578. The van der Waals surface area contributed by atoms with Gasteiger partial charge in [-0.05, 0) is 58.2 Å². The van der Waals surface area contributed by atoms with Gasteiger partial charge in [-0.1, -0.05) is 26.4 Å². The summed E-state index contributed by atoms with van der Waals surface area (Å²) in [6.07, 6.45) is 6.76. The van der Waals surface area contributed by atoms with Crippen molar-refractivity contribution in [2.75, 3.05) is 14.2 Å². The number of aromatic nitrogens is 4. The molecule has 0 N–H and O–H groups in total. The quantitative estimate of drug-likeness (QED) is 0.403. The van der Waals surface area contributed by atoms with Gasteiger partial charge >= 0.3 is 7.12 Å². The van der Waals surface area contributed by atoms with Gasteiger partial charge < -0.3 is 18.8 Å². The second kappa shape index (κ2) is 13.4. The van der Waals surface area contributed by atoms with Gasteiger partial charge in [-0.2, -0.15) is 9.97 Å². The van der Waals surface area contributed by atoms with E-state index in [0.717, 1.165) is 24.0 Å². The molecule has 0 unspecified atom stereocenters. The molecule has 10 heteroatoms. The van der Waals surface area contributed by atoms with E-state index in [1.54, 1.807) is 38.7 Å². The molecule has 1 saturated heterocycles. The fourth-order valence-corrected chi connectivity index (χ4v) is 2.82. The Bertz CT molecular complexity index is 941. The molecule has 1 aliphatic heterocycles. The van der Waals surface area contributed by atoms with E-state index in [4.69, 9.17) is 30.4 Å². The zero-order chi connectivity index (χ0) is 25.9. The SMILES string of the molecule is C=CB1OC(C)(C)C(C)(C)O1.C=Cc1ncc(CC)c(OC)n1.CCc1cnc(Cl)nc1OC. The third-order valence-corrected chi connectivity index (χ3v) is 5.62. The molecule has 3 rings (SSSR count). The lowest BCUT2D eigenvalue weighted by Gasteiger charge is -2.32. The van der Waals surface area contributed by atoms with Crippen LogP contribution in [-0.4, -0.2) is 52.5 Å². The number of nitrogens with zero attached hydrogens (tertiary/aromatic N) is 4. The Morgan fingerprint density at radius 2 is 1.38 bits per heavy atom. The molecule has 0 aromatic carbocycles. The minimum absolute atomic E-state index is 0.221. The number of hydrogen-bond acceptors (Lipinski definition) is 8. The van der Waals surface area contributed by atoms with Crippen molar-refractivity contribution >= 4 is 24.8 Å². The van der Waals surface area contributed by atoms with Gasteiger partial charge in [-0.3, -0.25) is 0 Å². The van der Waals surface area contributed by atoms with E-state index in [9.17, 15) is 0 Å². The first-order valence-corrected chi connectivity index (χ1v) is 11.4. The van der Waals surface area contributed by atoms with Gasteiger partial charge in [0.25, 0.3) is 0 Å². The highest BCUT2D eigenvalue weighted by molar-refractivity contribution is 6.51. The van der Waals surface area contributed by atoms with Crippen molar-refractivity contribution in [2.45, 2.75) is 65.6 Å². The maximum Gasteiger partial charge on any atom is 0.486 e. The van der Waals surface area contributed by atoms with E-state index >= 15 is 0 Å². The number of hydrogen-bond donors (Lipinski definition) is 0. The average Bonchev–Trinajstić information content (AvgIpc) is 3.05. The number of rotatable bonds is 6. The molecule has 0 spiro atoms. The predicted molar refractivity (Wildman–Crippen MR) is 137 cm³/mol. The molecule has 1 fully saturated rings. The van der Waals surface area contributed by atoms with Crippen LogP contribution in [0.1, 0.15) is 58.5 Å². The van der Waals surface area contributed by atoms with Crippen LogP contribution in [0.15, 0.2) is 31.5 Å². The minimum Gasteiger partial charge on any atom is -0.481 e. The minimum atomic E-state index is -0.250. The highest BCUT2D eigenvalue weighted by atomic mass is 35.5. The van der Waals surface area contributed by atoms with Crippen LogP contribution in [0.4, 0.5) is 0 Å². The highest BCUT2D eigenvalue weighted by Gasteiger charge is 2.49. The fraction of sp³-hybridized carbons (Fsp3) is 0.500. The first-order chi connectivity index (χ1) is 16.0. The molecule has 0 saturated carbocycles. The van der Waals surface area contributed by atoms with Crippen LogP contribution in [0.25, 0.3) is 6.08 Å². The zero-order valence-electron chi connectivity index (χ0n) is 21.5. The predicted octanol–water partition coefficient (Wildman–Crippen LogP) is 5.20. The Morgan fingerprint density at radius 1 is 0.912 bits per heavy atom. The Hall–Kier alpha value is -2.49. The van der Waals surface area contributed by atoms with Crippen molar-refractivity contribution in [2.24, 2.45) is 0 Å². The van der Waals surface area contributed by atoms with Crippen LogP contribution >= 0.6 is 11.6 Å². The molecule has 34 heavy (non-hydrogen) atoms. The van der Waals surface area contributed by atoms with Gasteiger partial charge in [0.05, 0.1) is 25.4 Å². The van der Waals surface area contributed by atoms with Crippen LogP contribution < -0.4 is 9.47 Å². The smallest absolute Gasteiger partial charge is 0.481 e. The monoisotopic (exact) mass is 490 g/mol. The number of halogens is 1. The molecule has 0 radical (unpaired) electrons. The summed E-state index contributed by atoms with van der Waals surface area (Å²) in [5.41, 5.74) is 1.53. The fourth-order valence-electron chi connectivity index (χ4n) is 2.70. The van der Waals surface area contributed by atoms with Gasteiger partial charge in [-0.15, -0.1) is 6.58 Å². The Balaban J connectivity index is 0.000000255. The van der Waals surface area contributed by atoms with Crippen LogP contribution in [0.2, 0.25) is 5.28 Å². The summed E-state index contributed by atoms with van der Waals surface area (Å²) in [6.45, 7) is 19.3. The third-order valence-electron chi connectivity index (χ3n) is 5.43. The van der Waals surface area contributed by atoms with Crippen molar-refractivity contribution < 1.29 is 18.8 Å². The summed E-state index contributed by atoms with van der Waals surface area (Å²) in [5, 5.41) is 0.221. The van der Waals surface area contributed by atoms with Crippen molar-refractivity contribution in [3.05, 3.63) is 53.8 Å². The molecule has 3 heterocycles. The van der Waals surface area contributed by atoms with Crippen molar-refractivity contribution in [1.82, 2.24) is 19.9 Å². The summed E-state index contributed by atoms with van der Waals surface area (Å²) in [5.74, 6) is 3.48.